The van der Waals surface area contributed by atoms with Gasteiger partial charge in [-0.15, -0.1) is 0 Å². The van der Waals surface area contributed by atoms with Crippen molar-refractivity contribution in [3.05, 3.63) is 65.7 Å². The third-order valence-corrected chi connectivity index (χ3v) is 6.74. The van der Waals surface area contributed by atoms with Crippen molar-refractivity contribution in [2.45, 2.75) is 105 Å². The van der Waals surface area contributed by atoms with Crippen molar-refractivity contribution in [1.82, 2.24) is 15.5 Å². The van der Waals surface area contributed by atoms with Gasteiger partial charge in [0.05, 0.1) is 18.2 Å². The summed E-state index contributed by atoms with van der Waals surface area (Å²) < 4.78 is 12.0. The van der Waals surface area contributed by atoms with Crippen LogP contribution in [0.5, 0.6) is 5.75 Å². The summed E-state index contributed by atoms with van der Waals surface area (Å²) in [6.45, 7) is 16.4. The van der Waals surface area contributed by atoms with Crippen LogP contribution in [0.2, 0.25) is 0 Å². The molecule has 41 heavy (non-hydrogen) atoms. The highest BCUT2D eigenvalue weighted by Gasteiger charge is 2.27. The Hall–Kier alpha value is -3.06. The zero-order valence-electron chi connectivity index (χ0n) is 26.4. The number of amides is 3. The van der Waals surface area contributed by atoms with E-state index < -0.39 is 6.04 Å². The van der Waals surface area contributed by atoms with Crippen LogP contribution in [-0.4, -0.2) is 54.2 Å². The van der Waals surface area contributed by atoms with Gasteiger partial charge < -0.3 is 25.0 Å². The maximum absolute atomic E-state index is 13.6. The molecule has 0 bridgehead atoms. The summed E-state index contributed by atoms with van der Waals surface area (Å²) in [7, 11) is 0. The fourth-order valence-corrected chi connectivity index (χ4v) is 4.45. The number of hydrogen-bond acceptors (Lipinski definition) is 4. The van der Waals surface area contributed by atoms with Crippen molar-refractivity contribution in [2.75, 3.05) is 19.7 Å². The first-order chi connectivity index (χ1) is 19.5. The van der Waals surface area contributed by atoms with Gasteiger partial charge in [-0.05, 0) is 76.1 Å². The van der Waals surface area contributed by atoms with E-state index >= 15 is 0 Å². The van der Waals surface area contributed by atoms with E-state index in [-0.39, 0.29) is 29.5 Å². The van der Waals surface area contributed by atoms with Crippen molar-refractivity contribution >= 4 is 11.9 Å². The molecule has 2 aromatic rings. The second kappa shape index (κ2) is 17.7. The first-order valence-electron chi connectivity index (χ1n) is 15.3. The molecule has 0 unspecified atom stereocenters. The maximum Gasteiger partial charge on any atom is 0.318 e. The monoisotopic (exact) mass is 567 g/mol. The molecular weight excluding hydrogens is 514 g/mol. The fourth-order valence-electron chi connectivity index (χ4n) is 4.45. The van der Waals surface area contributed by atoms with Gasteiger partial charge in [0.2, 0.25) is 5.91 Å². The largest absolute Gasteiger partial charge is 0.489 e. The Balaban J connectivity index is 2.08. The summed E-state index contributed by atoms with van der Waals surface area (Å²) in [6.07, 6.45) is 4.29. The molecule has 2 N–H and O–H groups in total. The SMILES string of the molecule is CCCCCN(CC)C(=O)N[C@@H](CC(C)C)C(=O)N[C@H](COC(C)(C)C)Cc1ccc(OCc2ccccc2)cc1. The smallest absolute Gasteiger partial charge is 0.318 e. The van der Waals surface area contributed by atoms with E-state index in [1.165, 1.54) is 0 Å². The normalized spacial score (nSPS) is 13.0. The van der Waals surface area contributed by atoms with Crippen LogP contribution < -0.4 is 15.4 Å². The summed E-state index contributed by atoms with van der Waals surface area (Å²) in [5.41, 5.74) is 1.84. The van der Waals surface area contributed by atoms with Crippen LogP contribution in [0.1, 0.15) is 85.3 Å². The Morgan fingerprint density at radius 1 is 0.902 bits per heavy atom. The lowest BCUT2D eigenvalue weighted by molar-refractivity contribution is -0.125. The zero-order chi connectivity index (χ0) is 30.3. The van der Waals surface area contributed by atoms with Crippen molar-refractivity contribution < 1.29 is 19.1 Å². The zero-order valence-corrected chi connectivity index (χ0v) is 26.4. The number of hydrogen-bond donors (Lipinski definition) is 2. The van der Waals surface area contributed by atoms with E-state index in [9.17, 15) is 9.59 Å². The summed E-state index contributed by atoms with van der Waals surface area (Å²) in [4.78, 5) is 28.4. The third kappa shape index (κ3) is 13.9. The molecule has 0 saturated carbocycles. The minimum absolute atomic E-state index is 0.179. The lowest BCUT2D eigenvalue weighted by atomic mass is 10.0. The van der Waals surface area contributed by atoms with Crippen molar-refractivity contribution in [2.24, 2.45) is 5.92 Å². The number of urea groups is 1. The lowest BCUT2D eigenvalue weighted by Gasteiger charge is -2.29. The molecule has 0 aliphatic rings. The molecule has 0 radical (unpaired) electrons. The van der Waals surface area contributed by atoms with Gasteiger partial charge in [-0.25, -0.2) is 4.79 Å². The Morgan fingerprint density at radius 2 is 1.59 bits per heavy atom. The van der Waals surface area contributed by atoms with E-state index in [2.05, 4.69) is 31.4 Å². The predicted molar refractivity (Wildman–Crippen MR) is 167 cm³/mol. The number of ether oxygens (including phenoxy) is 2. The average Bonchev–Trinajstić information content (AvgIpc) is 2.93. The van der Waals surface area contributed by atoms with Crippen molar-refractivity contribution in [1.29, 1.82) is 0 Å². The van der Waals surface area contributed by atoms with Gasteiger partial charge in [0.25, 0.3) is 0 Å². The van der Waals surface area contributed by atoms with Gasteiger partial charge in [0, 0.05) is 13.1 Å². The molecule has 2 atom stereocenters. The fraction of sp³-hybridized carbons (Fsp3) is 0.588. The lowest BCUT2D eigenvalue weighted by Crippen LogP contribution is -2.54. The Kier molecular flexibility index (Phi) is 14.7. The van der Waals surface area contributed by atoms with Crippen LogP contribution in [0.25, 0.3) is 0 Å². The minimum atomic E-state index is -0.617. The van der Waals surface area contributed by atoms with Crippen LogP contribution in [0.4, 0.5) is 4.79 Å². The van der Waals surface area contributed by atoms with Crippen LogP contribution in [0.15, 0.2) is 54.6 Å². The van der Waals surface area contributed by atoms with Gasteiger partial charge in [-0.1, -0.05) is 76.1 Å². The highest BCUT2D eigenvalue weighted by atomic mass is 16.5. The van der Waals surface area contributed by atoms with Gasteiger partial charge in [-0.3, -0.25) is 4.79 Å². The second-order valence-electron chi connectivity index (χ2n) is 12.2. The van der Waals surface area contributed by atoms with Gasteiger partial charge in [0.1, 0.15) is 18.4 Å². The first-order valence-corrected chi connectivity index (χ1v) is 15.3. The van der Waals surface area contributed by atoms with Crippen LogP contribution >= 0.6 is 0 Å². The number of unbranched alkanes of at least 4 members (excludes halogenated alkanes) is 2. The molecule has 0 saturated heterocycles. The van der Waals surface area contributed by atoms with Crippen LogP contribution in [0.3, 0.4) is 0 Å². The number of carbonyl (C=O) groups excluding carboxylic acids is 2. The molecule has 7 nitrogen and oxygen atoms in total. The van der Waals surface area contributed by atoms with E-state index in [0.717, 1.165) is 36.1 Å². The van der Waals surface area contributed by atoms with Crippen molar-refractivity contribution in [3.63, 3.8) is 0 Å². The quantitative estimate of drug-likeness (QED) is 0.207. The number of benzene rings is 2. The molecule has 228 valence electrons. The molecule has 0 aliphatic carbocycles. The van der Waals surface area contributed by atoms with E-state index in [4.69, 9.17) is 9.47 Å². The molecular formula is C34H53N3O4. The first kappa shape index (κ1) is 34.1. The number of carbonyl (C=O) groups is 2. The van der Waals surface area contributed by atoms with E-state index in [1.807, 2.05) is 82.3 Å². The maximum atomic E-state index is 13.6. The third-order valence-electron chi connectivity index (χ3n) is 6.74. The van der Waals surface area contributed by atoms with Gasteiger partial charge in [0.15, 0.2) is 0 Å². The molecule has 2 rings (SSSR count). The highest BCUT2D eigenvalue weighted by molar-refractivity contribution is 5.87. The summed E-state index contributed by atoms with van der Waals surface area (Å²) in [5.74, 6) is 0.860. The van der Waals surface area contributed by atoms with Gasteiger partial charge >= 0.3 is 6.03 Å². The molecule has 2 aromatic carbocycles. The topological polar surface area (TPSA) is 79.9 Å². The van der Waals surface area contributed by atoms with Crippen molar-refractivity contribution in [3.8, 4) is 5.75 Å². The van der Waals surface area contributed by atoms with Crippen LogP contribution in [-0.2, 0) is 22.6 Å². The molecule has 0 spiro atoms. The molecule has 0 aliphatic heterocycles. The second-order valence-corrected chi connectivity index (χ2v) is 12.2. The summed E-state index contributed by atoms with van der Waals surface area (Å²) in [5, 5.41) is 6.21. The predicted octanol–water partition coefficient (Wildman–Crippen LogP) is 6.74. The van der Waals surface area contributed by atoms with E-state index in [0.29, 0.717) is 39.1 Å². The Labute approximate surface area is 248 Å². The summed E-state index contributed by atoms with van der Waals surface area (Å²) in [6, 6.07) is 17.0. The standard InChI is InChI=1S/C34H53N3O4/c1-8-10-14-21-37(9-2)33(39)36-31(22-26(3)4)32(38)35-29(25-41-34(5,6)7)23-27-17-19-30(20-18-27)40-24-28-15-12-11-13-16-28/h11-13,15-20,26,29,31H,8-10,14,21-25H2,1-7H3,(H,35,38)(H,36,39)/t29-,31-/m0/s1. The average molecular weight is 568 g/mol. The number of rotatable bonds is 17. The molecule has 7 heteroatoms. The molecule has 0 aromatic heterocycles. The molecule has 0 heterocycles. The molecule has 3 amide bonds. The van der Waals surface area contributed by atoms with Crippen LogP contribution in [0, 0.1) is 5.92 Å². The number of nitrogens with one attached hydrogen (secondary N) is 2. The Morgan fingerprint density at radius 3 is 2.17 bits per heavy atom. The Bertz CT molecular complexity index is 1020. The minimum Gasteiger partial charge on any atom is -0.489 e. The molecule has 0 fully saturated rings. The number of nitrogens with zero attached hydrogens (tertiary/aromatic N) is 1. The van der Waals surface area contributed by atoms with E-state index in [1.54, 1.807) is 4.90 Å². The van der Waals surface area contributed by atoms with Gasteiger partial charge in [-0.2, -0.15) is 0 Å². The highest BCUT2D eigenvalue weighted by Crippen LogP contribution is 2.17. The summed E-state index contributed by atoms with van der Waals surface area (Å²) >= 11 is 0.